The number of aliphatic hydroxyl groups excluding tert-OH is 1. The molecular formula is C29H30F3N5O5S. The molecule has 1 amide bonds. The van der Waals surface area contributed by atoms with Crippen LogP contribution in [-0.4, -0.2) is 72.9 Å². The Morgan fingerprint density at radius 3 is 2.70 bits per heavy atom. The topological polar surface area (TPSA) is 135 Å². The van der Waals surface area contributed by atoms with E-state index in [4.69, 9.17) is 14.8 Å². The highest BCUT2D eigenvalue weighted by Crippen LogP contribution is 2.30. The van der Waals surface area contributed by atoms with E-state index in [9.17, 15) is 26.4 Å². The Bertz CT molecular complexity index is 1780. The number of carbonyl (C=O) groups excluding carboxylic acids is 1. The summed E-state index contributed by atoms with van der Waals surface area (Å²) < 4.78 is 72.4. The number of halogens is 3. The van der Waals surface area contributed by atoms with Gasteiger partial charge in [-0.15, -0.1) is 0 Å². The van der Waals surface area contributed by atoms with Gasteiger partial charge in [-0.05, 0) is 48.9 Å². The molecule has 2 atom stereocenters. The Balaban J connectivity index is 0.00000144. The fraction of sp³-hybridized carbons (Fsp3) is 0.310. The number of hydrogen-bond donors (Lipinski definition) is 2. The van der Waals surface area contributed by atoms with Gasteiger partial charge in [-0.2, -0.15) is 0 Å². The molecule has 1 saturated heterocycles. The second-order valence-corrected chi connectivity index (χ2v) is 11.9. The molecule has 2 N–H and O–H groups in total. The Morgan fingerprint density at radius 2 is 1.93 bits per heavy atom. The highest BCUT2D eigenvalue weighted by atomic mass is 32.2. The van der Waals surface area contributed by atoms with E-state index in [1.54, 1.807) is 12.3 Å². The molecule has 0 aliphatic carbocycles. The molecule has 0 saturated carbocycles. The van der Waals surface area contributed by atoms with Crippen LogP contribution in [0.15, 0.2) is 59.6 Å². The number of ether oxygens (including phenoxy) is 1. The minimum Gasteiger partial charge on any atom is -0.400 e. The van der Waals surface area contributed by atoms with Crippen molar-refractivity contribution in [1.82, 2.24) is 20.3 Å². The molecule has 6 rings (SSSR count). The fourth-order valence-electron chi connectivity index (χ4n) is 4.86. The molecule has 0 spiro atoms. The van der Waals surface area contributed by atoms with E-state index in [0.717, 1.165) is 24.6 Å². The number of aliphatic hydroxyl groups is 1. The number of aromatic nitrogens is 3. The summed E-state index contributed by atoms with van der Waals surface area (Å²) in [5.74, 6) is -1.05. The highest BCUT2D eigenvalue weighted by molar-refractivity contribution is 7.92. The van der Waals surface area contributed by atoms with Crippen molar-refractivity contribution in [1.29, 1.82) is 0 Å². The maximum absolute atomic E-state index is 14.7. The highest BCUT2D eigenvalue weighted by Gasteiger charge is 2.35. The summed E-state index contributed by atoms with van der Waals surface area (Å²) in [6.07, 6.45) is 1.20. The van der Waals surface area contributed by atoms with Gasteiger partial charge >= 0.3 is 0 Å². The summed E-state index contributed by atoms with van der Waals surface area (Å²) in [6.45, 7) is -0.299. The lowest BCUT2D eigenvalue weighted by atomic mass is 10.1. The number of anilines is 1. The second-order valence-electron chi connectivity index (χ2n) is 9.87. The van der Waals surface area contributed by atoms with Crippen LogP contribution in [0.1, 0.15) is 29.5 Å². The van der Waals surface area contributed by atoms with E-state index >= 15 is 0 Å². The zero-order chi connectivity index (χ0) is 30.7. The number of carbonyl (C=O) groups is 1. The van der Waals surface area contributed by atoms with Gasteiger partial charge in [-0.25, -0.2) is 31.6 Å². The average Bonchev–Trinajstić information content (AvgIpc) is 3.42. The number of nitrogens with one attached hydrogen (secondary N) is 1. The third-order valence-corrected chi connectivity index (χ3v) is 8.85. The van der Waals surface area contributed by atoms with Crippen molar-refractivity contribution in [2.45, 2.75) is 36.1 Å². The molecule has 228 valence electrons. The number of alkyl halides is 2. The van der Waals surface area contributed by atoms with Crippen molar-refractivity contribution in [3.63, 3.8) is 0 Å². The smallest absolute Gasteiger partial charge is 0.251 e. The largest absolute Gasteiger partial charge is 0.400 e. The molecule has 4 aromatic rings. The summed E-state index contributed by atoms with van der Waals surface area (Å²) >= 11 is 0. The molecule has 5 heterocycles. The van der Waals surface area contributed by atoms with Gasteiger partial charge in [0.2, 0.25) is 15.3 Å². The first-order valence-electron chi connectivity index (χ1n) is 13.3. The van der Waals surface area contributed by atoms with Crippen LogP contribution in [0.25, 0.3) is 22.3 Å². The minimum atomic E-state index is -4.52. The van der Waals surface area contributed by atoms with E-state index in [0.29, 0.717) is 47.9 Å². The van der Waals surface area contributed by atoms with Crippen LogP contribution in [-0.2, 0) is 27.7 Å². The molecular weight excluding hydrogens is 587 g/mol. The maximum Gasteiger partial charge on any atom is 0.251 e. The van der Waals surface area contributed by atoms with Crippen molar-refractivity contribution >= 4 is 32.5 Å². The third-order valence-electron chi connectivity index (χ3n) is 7.07. The van der Waals surface area contributed by atoms with Gasteiger partial charge in [0.1, 0.15) is 17.8 Å². The van der Waals surface area contributed by atoms with Crippen molar-refractivity contribution in [2.24, 2.45) is 0 Å². The van der Waals surface area contributed by atoms with Gasteiger partial charge in [0.05, 0.1) is 53.8 Å². The van der Waals surface area contributed by atoms with Gasteiger partial charge in [0, 0.05) is 37.8 Å². The molecule has 1 fully saturated rings. The molecule has 0 unspecified atom stereocenters. The zero-order valence-electron chi connectivity index (χ0n) is 23.0. The predicted octanol–water partition coefficient (Wildman–Crippen LogP) is 3.76. The first-order valence-corrected chi connectivity index (χ1v) is 14.9. The van der Waals surface area contributed by atoms with Crippen LogP contribution in [0.2, 0.25) is 0 Å². The van der Waals surface area contributed by atoms with Crippen LogP contribution in [0.5, 0.6) is 0 Å². The van der Waals surface area contributed by atoms with Crippen LogP contribution < -0.4 is 10.2 Å². The number of hydrogen-bond acceptors (Lipinski definition) is 9. The summed E-state index contributed by atoms with van der Waals surface area (Å²) in [4.78, 5) is 27.8. The first-order chi connectivity index (χ1) is 20.7. The summed E-state index contributed by atoms with van der Waals surface area (Å²) in [5.41, 5.74) is -0.678. The standard InChI is InChI=1S/C28H24F3N5O4S.CH4O.H2/c29-18-6-7-36(13-18)27-3-1-2-22(35-27)23-5-4-16-11-32-19(10-24(16)34-23)12-33-28(37)17-8-21(30)20-14-40-15-26(31)41(38,39)25(20)9-17;1-2;/h1-5,8-11,18,26H,6-7,12-15H2,(H,33,37);2H,1H3;1H/t18-,26-;;/m1../s1. The summed E-state index contributed by atoms with van der Waals surface area (Å²) in [6, 6.07) is 12.7. The molecule has 10 nitrogen and oxygen atoms in total. The van der Waals surface area contributed by atoms with Crippen LogP contribution in [0, 0.1) is 5.82 Å². The second kappa shape index (κ2) is 12.6. The minimum absolute atomic E-state index is 0. The fourth-order valence-corrected chi connectivity index (χ4v) is 6.20. The number of rotatable bonds is 5. The molecule has 14 heteroatoms. The summed E-state index contributed by atoms with van der Waals surface area (Å²) in [7, 11) is -3.52. The molecule has 43 heavy (non-hydrogen) atoms. The van der Waals surface area contributed by atoms with E-state index in [1.165, 1.54) is 0 Å². The molecule has 3 aromatic heterocycles. The Morgan fingerprint density at radius 1 is 1.14 bits per heavy atom. The van der Waals surface area contributed by atoms with E-state index in [1.807, 2.05) is 35.2 Å². The van der Waals surface area contributed by atoms with E-state index < -0.39 is 51.3 Å². The number of benzene rings is 1. The van der Waals surface area contributed by atoms with Crippen molar-refractivity contribution in [3.8, 4) is 11.4 Å². The number of fused-ring (bicyclic) bond motifs is 2. The first kappa shape index (κ1) is 30.3. The predicted molar refractivity (Wildman–Crippen MR) is 154 cm³/mol. The van der Waals surface area contributed by atoms with Crippen LogP contribution >= 0.6 is 0 Å². The van der Waals surface area contributed by atoms with Crippen molar-refractivity contribution < 1.29 is 37.7 Å². The maximum atomic E-state index is 14.7. The number of amides is 1. The lowest BCUT2D eigenvalue weighted by Crippen LogP contribution is -2.25. The molecule has 0 radical (unpaired) electrons. The summed E-state index contributed by atoms with van der Waals surface area (Å²) in [5, 5.41) is 10.3. The van der Waals surface area contributed by atoms with Crippen molar-refractivity contribution in [2.75, 3.05) is 31.7 Å². The SMILES string of the molecule is CO.O=C(NCc1cc2nc(-c3cccc(N4CC[C@@H](F)C4)n3)ccc2cn1)c1cc(F)c2c(c1)S(=O)(=O)[C@@H](F)COC2.[HH]. The number of nitrogens with zero attached hydrogens (tertiary/aromatic N) is 4. The Labute approximate surface area is 247 Å². The Hall–Kier alpha value is -4.14. The van der Waals surface area contributed by atoms with Gasteiger partial charge in [0.15, 0.2) is 0 Å². The Kier molecular flexibility index (Phi) is 8.89. The monoisotopic (exact) mass is 617 g/mol. The van der Waals surface area contributed by atoms with E-state index in [2.05, 4.69) is 15.3 Å². The molecule has 2 aliphatic heterocycles. The van der Waals surface area contributed by atoms with Gasteiger partial charge in [-0.1, -0.05) is 6.07 Å². The van der Waals surface area contributed by atoms with Gasteiger partial charge in [-0.3, -0.25) is 9.78 Å². The van der Waals surface area contributed by atoms with Crippen molar-refractivity contribution in [3.05, 3.63) is 77.4 Å². The quantitative estimate of drug-likeness (QED) is 0.343. The normalized spacial score (nSPS) is 19.2. The average molecular weight is 618 g/mol. The number of pyridine rings is 3. The molecule has 0 bridgehead atoms. The van der Waals surface area contributed by atoms with Crippen LogP contribution in [0.3, 0.4) is 0 Å². The zero-order valence-corrected chi connectivity index (χ0v) is 23.8. The lowest BCUT2D eigenvalue weighted by molar-refractivity contribution is 0.0938. The van der Waals surface area contributed by atoms with Gasteiger partial charge < -0.3 is 20.1 Å². The molecule has 2 aliphatic rings. The lowest BCUT2D eigenvalue weighted by Gasteiger charge is -2.16. The number of sulfone groups is 1. The third kappa shape index (κ3) is 6.31. The van der Waals surface area contributed by atoms with Crippen LogP contribution in [0.4, 0.5) is 19.0 Å². The van der Waals surface area contributed by atoms with E-state index in [-0.39, 0.29) is 19.1 Å². The molecule has 1 aromatic carbocycles. The van der Waals surface area contributed by atoms with Gasteiger partial charge in [0.25, 0.3) is 5.91 Å².